The molecule has 1 aromatic heterocycles. The van der Waals surface area contributed by atoms with Crippen molar-refractivity contribution in [3.8, 4) is 5.75 Å². The third kappa shape index (κ3) is 3.53. The first-order valence-electron chi connectivity index (χ1n) is 7.48. The first-order chi connectivity index (χ1) is 11.2. The van der Waals surface area contributed by atoms with Crippen LogP contribution in [0.5, 0.6) is 5.75 Å². The molecule has 0 unspecified atom stereocenters. The van der Waals surface area contributed by atoms with E-state index >= 15 is 0 Å². The summed E-state index contributed by atoms with van der Waals surface area (Å²) in [5, 5.41) is 6.51. The highest BCUT2D eigenvalue weighted by Crippen LogP contribution is 2.24. The van der Waals surface area contributed by atoms with Crippen LogP contribution in [0.2, 0.25) is 0 Å². The number of aryl methyl sites for hydroxylation is 1. The van der Waals surface area contributed by atoms with Crippen LogP contribution in [0.15, 0.2) is 40.9 Å². The Labute approximate surface area is 134 Å². The number of carbonyl (C=O) groups excluding carboxylic acids is 1. The maximum atomic E-state index is 12.2. The van der Waals surface area contributed by atoms with Gasteiger partial charge in [0.1, 0.15) is 11.5 Å². The summed E-state index contributed by atoms with van der Waals surface area (Å²) in [5.41, 5.74) is 2.41. The van der Waals surface area contributed by atoms with Crippen LogP contribution < -0.4 is 10.1 Å². The molecule has 0 aliphatic carbocycles. The molecule has 0 fully saturated rings. The molecule has 1 aromatic carbocycles. The van der Waals surface area contributed by atoms with Gasteiger partial charge in [0.05, 0.1) is 7.11 Å². The van der Waals surface area contributed by atoms with E-state index in [2.05, 4.69) is 16.5 Å². The summed E-state index contributed by atoms with van der Waals surface area (Å²) in [6.07, 6.45) is 2.90. The zero-order chi connectivity index (χ0) is 16.2. The molecule has 6 nitrogen and oxygen atoms in total. The largest absolute Gasteiger partial charge is 0.497 e. The van der Waals surface area contributed by atoms with E-state index in [-0.39, 0.29) is 6.03 Å². The average molecular weight is 313 g/mol. The summed E-state index contributed by atoms with van der Waals surface area (Å²) in [5.74, 6) is 1.95. The van der Waals surface area contributed by atoms with Crippen molar-refractivity contribution < 1.29 is 14.1 Å². The van der Waals surface area contributed by atoms with E-state index < -0.39 is 0 Å². The molecule has 3 rings (SSSR count). The highest BCUT2D eigenvalue weighted by atomic mass is 16.5. The number of amides is 2. The molecule has 2 heterocycles. The first kappa shape index (κ1) is 15.1. The molecule has 23 heavy (non-hydrogen) atoms. The van der Waals surface area contributed by atoms with Crippen molar-refractivity contribution in [3.63, 3.8) is 0 Å². The van der Waals surface area contributed by atoms with Gasteiger partial charge in [-0.05, 0) is 36.6 Å². The van der Waals surface area contributed by atoms with E-state index in [1.165, 1.54) is 5.57 Å². The number of carbonyl (C=O) groups is 1. The lowest BCUT2D eigenvalue weighted by molar-refractivity contribution is 0.216. The van der Waals surface area contributed by atoms with Gasteiger partial charge in [-0.2, -0.15) is 0 Å². The minimum Gasteiger partial charge on any atom is -0.497 e. The number of anilines is 1. The molecular weight excluding hydrogens is 294 g/mol. The minimum atomic E-state index is -0.164. The van der Waals surface area contributed by atoms with E-state index in [9.17, 15) is 4.79 Å². The first-order valence-corrected chi connectivity index (χ1v) is 7.48. The van der Waals surface area contributed by atoms with Crippen molar-refractivity contribution in [2.75, 3.05) is 25.5 Å². The van der Waals surface area contributed by atoms with Gasteiger partial charge in [0.15, 0.2) is 5.82 Å². The molecule has 1 N–H and O–H groups in total. The number of methoxy groups -OCH3 is 1. The van der Waals surface area contributed by atoms with Gasteiger partial charge < -0.3 is 14.2 Å². The minimum absolute atomic E-state index is 0.164. The molecule has 2 amide bonds. The Bertz CT molecular complexity index is 719. The van der Waals surface area contributed by atoms with E-state index in [1.54, 1.807) is 25.0 Å². The lowest BCUT2D eigenvalue weighted by Gasteiger charge is -2.26. The molecule has 0 saturated heterocycles. The van der Waals surface area contributed by atoms with Gasteiger partial charge in [-0.3, -0.25) is 5.32 Å². The number of hydrogen-bond acceptors (Lipinski definition) is 4. The Hall–Kier alpha value is -2.76. The lowest BCUT2D eigenvalue weighted by atomic mass is 9.99. The maximum absolute atomic E-state index is 12.2. The second kappa shape index (κ2) is 6.56. The number of hydrogen-bond donors (Lipinski definition) is 1. The molecule has 0 bridgehead atoms. The van der Waals surface area contributed by atoms with Crippen LogP contribution >= 0.6 is 0 Å². The number of nitrogens with zero attached hydrogens (tertiary/aromatic N) is 2. The summed E-state index contributed by atoms with van der Waals surface area (Å²) in [4.78, 5) is 13.9. The van der Waals surface area contributed by atoms with Gasteiger partial charge >= 0.3 is 6.03 Å². The molecule has 6 heteroatoms. The van der Waals surface area contributed by atoms with Crippen LogP contribution in [0.3, 0.4) is 0 Å². The van der Waals surface area contributed by atoms with Crippen LogP contribution in [0.4, 0.5) is 10.6 Å². The third-order valence-electron chi connectivity index (χ3n) is 3.82. The molecule has 0 atom stereocenters. The average Bonchev–Trinajstić information content (AvgIpc) is 3.00. The van der Waals surface area contributed by atoms with Crippen LogP contribution in [-0.4, -0.2) is 36.3 Å². The number of benzene rings is 1. The highest BCUT2D eigenvalue weighted by molar-refractivity contribution is 5.89. The van der Waals surface area contributed by atoms with Gasteiger partial charge in [-0.1, -0.05) is 23.4 Å². The molecule has 0 saturated carbocycles. The van der Waals surface area contributed by atoms with Crippen LogP contribution in [-0.2, 0) is 0 Å². The fraction of sp³-hybridized carbons (Fsp3) is 0.294. The van der Waals surface area contributed by atoms with E-state index in [4.69, 9.17) is 9.26 Å². The summed E-state index contributed by atoms with van der Waals surface area (Å²) < 4.78 is 10.1. The van der Waals surface area contributed by atoms with E-state index in [0.29, 0.717) is 24.7 Å². The summed E-state index contributed by atoms with van der Waals surface area (Å²) in [7, 11) is 1.65. The number of rotatable bonds is 3. The predicted molar refractivity (Wildman–Crippen MR) is 87.4 cm³/mol. The molecule has 0 radical (unpaired) electrons. The van der Waals surface area contributed by atoms with Crippen molar-refractivity contribution in [3.05, 3.63) is 47.7 Å². The van der Waals surface area contributed by atoms with Crippen LogP contribution in [0.25, 0.3) is 5.57 Å². The van der Waals surface area contributed by atoms with Crippen molar-refractivity contribution >= 4 is 17.4 Å². The van der Waals surface area contributed by atoms with Gasteiger partial charge in [-0.15, -0.1) is 0 Å². The molecule has 120 valence electrons. The lowest BCUT2D eigenvalue weighted by Crippen LogP contribution is -2.37. The fourth-order valence-electron chi connectivity index (χ4n) is 2.53. The smallest absolute Gasteiger partial charge is 0.323 e. The van der Waals surface area contributed by atoms with Crippen LogP contribution in [0, 0.1) is 6.92 Å². The second-order valence-electron chi connectivity index (χ2n) is 5.41. The second-order valence-corrected chi connectivity index (χ2v) is 5.41. The Morgan fingerprint density at radius 1 is 1.35 bits per heavy atom. The van der Waals surface area contributed by atoms with Crippen molar-refractivity contribution in [2.24, 2.45) is 0 Å². The zero-order valence-electron chi connectivity index (χ0n) is 13.2. The van der Waals surface area contributed by atoms with Crippen molar-refractivity contribution in [1.82, 2.24) is 10.1 Å². The van der Waals surface area contributed by atoms with Gasteiger partial charge in [0, 0.05) is 19.2 Å². The summed E-state index contributed by atoms with van der Waals surface area (Å²) in [6, 6.07) is 9.50. The zero-order valence-corrected chi connectivity index (χ0v) is 13.2. The molecule has 1 aliphatic heterocycles. The Balaban J connectivity index is 1.61. The van der Waals surface area contributed by atoms with E-state index in [0.717, 1.165) is 17.7 Å². The van der Waals surface area contributed by atoms with E-state index in [1.807, 2.05) is 24.3 Å². The number of urea groups is 1. The van der Waals surface area contributed by atoms with Gasteiger partial charge in [0.25, 0.3) is 0 Å². The normalized spacial score (nSPS) is 14.3. The van der Waals surface area contributed by atoms with Gasteiger partial charge in [-0.25, -0.2) is 4.79 Å². The molecule has 2 aromatic rings. The SMILES string of the molecule is COc1ccc(C2=CCN(C(=O)Nc3cc(C)on3)CC2)cc1. The third-order valence-corrected chi connectivity index (χ3v) is 3.82. The number of nitrogens with one attached hydrogen (secondary N) is 1. The van der Waals surface area contributed by atoms with Gasteiger partial charge in [0.2, 0.25) is 0 Å². The fourth-order valence-corrected chi connectivity index (χ4v) is 2.53. The highest BCUT2D eigenvalue weighted by Gasteiger charge is 2.18. The quantitative estimate of drug-likeness (QED) is 0.944. The molecule has 0 spiro atoms. The topological polar surface area (TPSA) is 67.6 Å². The maximum Gasteiger partial charge on any atom is 0.323 e. The van der Waals surface area contributed by atoms with Crippen molar-refractivity contribution in [2.45, 2.75) is 13.3 Å². The predicted octanol–water partition coefficient (Wildman–Crippen LogP) is 3.31. The van der Waals surface area contributed by atoms with Crippen LogP contribution in [0.1, 0.15) is 17.7 Å². The van der Waals surface area contributed by atoms with Crippen molar-refractivity contribution in [1.29, 1.82) is 0 Å². The Kier molecular flexibility index (Phi) is 4.32. The summed E-state index contributed by atoms with van der Waals surface area (Å²) in [6.45, 7) is 3.03. The number of aromatic nitrogens is 1. The summed E-state index contributed by atoms with van der Waals surface area (Å²) >= 11 is 0. The molecular formula is C17H19N3O3. The number of ether oxygens (including phenoxy) is 1. The Morgan fingerprint density at radius 3 is 2.70 bits per heavy atom. The standard InChI is InChI=1S/C17H19N3O3/c1-12-11-16(19-23-12)18-17(21)20-9-7-14(8-10-20)13-3-5-15(22-2)6-4-13/h3-7,11H,8-10H2,1-2H3,(H,18,19,21). The molecule has 1 aliphatic rings. The Morgan fingerprint density at radius 2 is 2.13 bits per heavy atom. The monoisotopic (exact) mass is 313 g/mol.